The van der Waals surface area contributed by atoms with Crippen molar-refractivity contribution in [1.29, 1.82) is 0 Å². The highest BCUT2D eigenvalue weighted by molar-refractivity contribution is 7.10. The van der Waals surface area contributed by atoms with Crippen LogP contribution in [0.1, 0.15) is 15.2 Å². The van der Waals surface area contributed by atoms with Gasteiger partial charge in [0.2, 0.25) is 0 Å². The lowest BCUT2D eigenvalue weighted by atomic mass is 10.1. The molecule has 0 spiro atoms. The number of hydrogen-bond acceptors (Lipinski definition) is 8. The molecule has 0 saturated carbocycles. The normalized spacial score (nSPS) is 13.8. The van der Waals surface area contributed by atoms with Gasteiger partial charge in [-0.25, -0.2) is 9.59 Å². The average molecular weight is 388 g/mol. The summed E-state index contributed by atoms with van der Waals surface area (Å²) in [6.45, 7) is 0.991. The van der Waals surface area contributed by atoms with Crippen molar-refractivity contribution in [3.8, 4) is 0 Å². The number of carbonyl (C=O) groups is 2. The third-order valence-corrected chi connectivity index (χ3v) is 4.72. The summed E-state index contributed by atoms with van der Waals surface area (Å²) < 4.78 is 10.3. The number of nitro benzene ring substituents is 1. The molecule has 1 aromatic carbocycles. The molecule has 0 saturated heterocycles. The Bertz CT molecular complexity index is 878. The van der Waals surface area contributed by atoms with Gasteiger partial charge in [-0.2, -0.15) is 0 Å². The van der Waals surface area contributed by atoms with Crippen LogP contribution in [0.3, 0.4) is 0 Å². The van der Waals surface area contributed by atoms with E-state index in [4.69, 9.17) is 9.47 Å². The van der Waals surface area contributed by atoms with Gasteiger partial charge in [-0.3, -0.25) is 10.1 Å². The first-order valence-corrected chi connectivity index (χ1v) is 9.01. The van der Waals surface area contributed by atoms with Crippen molar-refractivity contribution in [3.05, 3.63) is 62.3 Å². The molecule has 0 amide bonds. The summed E-state index contributed by atoms with van der Waals surface area (Å²) in [5.41, 5.74) is 0.469. The van der Waals surface area contributed by atoms with Gasteiger partial charge in [0.1, 0.15) is 13.2 Å². The van der Waals surface area contributed by atoms with Gasteiger partial charge in [0.05, 0.1) is 29.3 Å². The van der Waals surface area contributed by atoms with Crippen molar-refractivity contribution in [2.75, 3.05) is 31.2 Å². The highest BCUT2D eigenvalue weighted by atomic mass is 32.1. The predicted molar refractivity (Wildman–Crippen MR) is 99.9 cm³/mol. The fourth-order valence-corrected chi connectivity index (χ4v) is 3.21. The van der Waals surface area contributed by atoms with E-state index in [1.807, 2.05) is 17.5 Å². The Kier molecular flexibility index (Phi) is 5.82. The minimum Gasteiger partial charge on any atom is -0.461 e. The first-order valence-electron chi connectivity index (χ1n) is 8.13. The smallest absolute Gasteiger partial charge is 0.340 e. The van der Waals surface area contributed by atoms with Crippen LogP contribution in [-0.2, 0) is 14.3 Å². The minimum absolute atomic E-state index is 0.109. The van der Waals surface area contributed by atoms with E-state index < -0.39 is 16.9 Å². The molecule has 1 aromatic heterocycles. The van der Waals surface area contributed by atoms with E-state index in [0.29, 0.717) is 18.8 Å². The van der Waals surface area contributed by atoms with Gasteiger partial charge in [-0.15, -0.1) is 11.3 Å². The van der Waals surface area contributed by atoms with Gasteiger partial charge >= 0.3 is 11.9 Å². The molecule has 2 aromatic rings. The number of fused-ring (bicyclic) bond motifs is 1. The quantitative estimate of drug-likeness (QED) is 0.325. The van der Waals surface area contributed by atoms with Crippen molar-refractivity contribution in [3.63, 3.8) is 0 Å². The summed E-state index contributed by atoms with van der Waals surface area (Å²) in [4.78, 5) is 37.0. The van der Waals surface area contributed by atoms with Gasteiger partial charge in [-0.05, 0) is 23.6 Å². The molecule has 8 nitrogen and oxygen atoms in total. The van der Waals surface area contributed by atoms with Crippen LogP contribution < -0.4 is 4.90 Å². The summed E-state index contributed by atoms with van der Waals surface area (Å²) >= 11 is 1.51. The van der Waals surface area contributed by atoms with E-state index in [9.17, 15) is 19.7 Å². The third kappa shape index (κ3) is 4.70. The maximum Gasteiger partial charge on any atom is 0.340 e. The lowest BCUT2D eigenvalue weighted by Crippen LogP contribution is -2.30. The third-order valence-electron chi connectivity index (χ3n) is 3.88. The standard InChI is InChI=1S/C18H16N2O6S/c21-17(6-4-14-2-1-11-27-14)25-9-7-19-8-10-26-18(22)15-12-13(20(23)24)3-5-16(15)19/h1-6,11-12H,7-10H2/b6-4+. The van der Waals surface area contributed by atoms with Crippen molar-refractivity contribution in [1.82, 2.24) is 0 Å². The fourth-order valence-electron chi connectivity index (χ4n) is 2.60. The van der Waals surface area contributed by atoms with Crippen molar-refractivity contribution in [2.24, 2.45) is 0 Å². The van der Waals surface area contributed by atoms with Crippen LogP contribution in [0.15, 0.2) is 41.8 Å². The Hall–Kier alpha value is -3.20. The number of nitrogens with zero attached hydrogens (tertiary/aromatic N) is 2. The van der Waals surface area contributed by atoms with Crippen LogP contribution in [0.25, 0.3) is 6.08 Å². The summed E-state index contributed by atoms with van der Waals surface area (Å²) in [6, 6.07) is 7.82. The zero-order chi connectivity index (χ0) is 19.2. The van der Waals surface area contributed by atoms with Gasteiger partial charge in [0.15, 0.2) is 0 Å². The van der Waals surface area contributed by atoms with Crippen LogP contribution in [0.4, 0.5) is 11.4 Å². The van der Waals surface area contributed by atoms with Gasteiger partial charge in [0.25, 0.3) is 5.69 Å². The number of thiophene rings is 1. The molecule has 27 heavy (non-hydrogen) atoms. The number of rotatable bonds is 6. The van der Waals surface area contributed by atoms with E-state index >= 15 is 0 Å². The fraction of sp³-hybridized carbons (Fsp3) is 0.222. The number of nitro groups is 1. The minimum atomic E-state index is -0.605. The maximum atomic E-state index is 12.0. The molecule has 0 unspecified atom stereocenters. The van der Waals surface area contributed by atoms with Crippen LogP contribution in [0, 0.1) is 10.1 Å². The number of esters is 2. The van der Waals surface area contributed by atoms with E-state index in [2.05, 4.69) is 0 Å². The average Bonchev–Trinajstić information content (AvgIpc) is 3.13. The molecular formula is C18H16N2O6S. The SMILES string of the molecule is O=C(/C=C/c1cccs1)OCCN1CCOC(=O)c2cc([N+](=O)[O-])ccc21. The highest BCUT2D eigenvalue weighted by Crippen LogP contribution is 2.28. The van der Waals surface area contributed by atoms with E-state index in [0.717, 1.165) is 4.88 Å². The van der Waals surface area contributed by atoms with Crippen LogP contribution in [0.5, 0.6) is 0 Å². The maximum absolute atomic E-state index is 12.0. The first kappa shape index (κ1) is 18.6. The molecule has 0 N–H and O–H groups in total. The van der Waals surface area contributed by atoms with Gasteiger partial charge < -0.3 is 14.4 Å². The molecule has 9 heteroatoms. The Morgan fingerprint density at radius 2 is 2.26 bits per heavy atom. The van der Waals surface area contributed by atoms with Crippen LogP contribution in [-0.4, -0.2) is 43.2 Å². The summed E-state index contributed by atoms with van der Waals surface area (Å²) in [7, 11) is 0. The Morgan fingerprint density at radius 3 is 3.00 bits per heavy atom. The second-order valence-corrected chi connectivity index (χ2v) is 6.58. The lowest BCUT2D eigenvalue weighted by molar-refractivity contribution is -0.384. The molecule has 1 aliphatic rings. The summed E-state index contributed by atoms with van der Waals surface area (Å²) in [5, 5.41) is 12.8. The topological polar surface area (TPSA) is 99.0 Å². The Morgan fingerprint density at radius 1 is 1.41 bits per heavy atom. The Balaban J connectivity index is 1.63. The number of benzene rings is 1. The zero-order valence-electron chi connectivity index (χ0n) is 14.2. The number of hydrogen-bond donors (Lipinski definition) is 0. The number of non-ortho nitro benzene ring substituents is 1. The highest BCUT2D eigenvalue weighted by Gasteiger charge is 2.24. The largest absolute Gasteiger partial charge is 0.461 e. The van der Waals surface area contributed by atoms with Crippen molar-refractivity contribution < 1.29 is 24.0 Å². The van der Waals surface area contributed by atoms with E-state index in [1.165, 1.54) is 35.6 Å². The molecule has 0 fully saturated rings. The summed E-state index contributed by atoms with van der Waals surface area (Å²) in [5.74, 6) is -1.07. The second kappa shape index (κ2) is 8.45. The second-order valence-electron chi connectivity index (χ2n) is 5.60. The first-order chi connectivity index (χ1) is 13.0. The van der Waals surface area contributed by atoms with Crippen LogP contribution in [0.2, 0.25) is 0 Å². The van der Waals surface area contributed by atoms with E-state index in [-0.39, 0.29) is 24.5 Å². The monoisotopic (exact) mass is 388 g/mol. The molecule has 0 bridgehead atoms. The number of carbonyl (C=O) groups excluding carboxylic acids is 2. The molecule has 0 radical (unpaired) electrons. The molecule has 140 valence electrons. The van der Waals surface area contributed by atoms with Crippen LogP contribution >= 0.6 is 11.3 Å². The number of cyclic esters (lactones) is 1. The molecule has 0 aliphatic carbocycles. The molecule has 1 aliphatic heterocycles. The number of anilines is 1. The molecule has 2 heterocycles. The molecule has 3 rings (SSSR count). The van der Waals surface area contributed by atoms with Crippen molar-refractivity contribution in [2.45, 2.75) is 0 Å². The zero-order valence-corrected chi connectivity index (χ0v) is 15.0. The number of ether oxygens (including phenoxy) is 2. The van der Waals surface area contributed by atoms with Crippen molar-refractivity contribution >= 4 is 40.7 Å². The van der Waals surface area contributed by atoms with Gasteiger partial charge in [0, 0.05) is 23.1 Å². The van der Waals surface area contributed by atoms with Gasteiger partial charge in [-0.1, -0.05) is 6.07 Å². The lowest BCUT2D eigenvalue weighted by Gasteiger charge is -2.22. The Labute approximate surface area is 158 Å². The molecule has 0 atom stereocenters. The summed E-state index contributed by atoms with van der Waals surface area (Å²) in [6.07, 6.45) is 3.04. The molecular weight excluding hydrogens is 372 g/mol. The van der Waals surface area contributed by atoms with E-state index in [1.54, 1.807) is 11.0 Å². The predicted octanol–water partition coefficient (Wildman–Crippen LogP) is 2.89.